The fraction of sp³-hybridized carbons (Fsp3) is 0.308. The van der Waals surface area contributed by atoms with Gasteiger partial charge in [0.05, 0.1) is 25.8 Å². The molecule has 0 saturated carbocycles. The van der Waals surface area contributed by atoms with Gasteiger partial charge in [0.15, 0.2) is 11.5 Å². The summed E-state index contributed by atoms with van der Waals surface area (Å²) in [7, 11) is 1.60. The third-order valence-corrected chi connectivity index (χ3v) is 7.27. The van der Waals surface area contributed by atoms with E-state index in [9.17, 15) is 9.59 Å². The van der Waals surface area contributed by atoms with Crippen LogP contribution in [-0.4, -0.2) is 37.2 Å². The Hall–Kier alpha value is -3.72. The molecule has 2 aromatic carbocycles. The summed E-state index contributed by atoms with van der Waals surface area (Å²) in [5.74, 6) is 1.11. The Balaban J connectivity index is 1.33. The van der Waals surface area contributed by atoms with Crippen LogP contribution in [0, 0.1) is 0 Å². The summed E-state index contributed by atoms with van der Waals surface area (Å²) in [5.41, 5.74) is 3.61. The second-order valence-corrected chi connectivity index (χ2v) is 9.42. The van der Waals surface area contributed by atoms with Gasteiger partial charge in [0.2, 0.25) is 0 Å². The van der Waals surface area contributed by atoms with Crippen LogP contribution in [0.2, 0.25) is 0 Å². The van der Waals surface area contributed by atoms with E-state index in [1.54, 1.807) is 18.9 Å². The maximum absolute atomic E-state index is 13.1. The molecule has 0 saturated heterocycles. The molecule has 0 bridgehead atoms. The average molecular weight is 494 g/mol. The van der Waals surface area contributed by atoms with E-state index in [2.05, 4.69) is 10.6 Å². The summed E-state index contributed by atoms with van der Waals surface area (Å²) in [5, 5.41) is 7.33. The second kappa shape index (κ2) is 9.87. The number of carbonyl (C=O) groups excluding carboxylic acids is 2. The molecule has 8 nitrogen and oxygen atoms in total. The van der Waals surface area contributed by atoms with Gasteiger partial charge in [-0.3, -0.25) is 4.79 Å². The molecule has 1 aromatic heterocycles. The number of ether oxygens (including phenoxy) is 3. The van der Waals surface area contributed by atoms with Crippen LogP contribution >= 0.6 is 11.3 Å². The smallest absolute Gasteiger partial charge is 0.410 e. The van der Waals surface area contributed by atoms with Gasteiger partial charge in [-0.25, -0.2) is 4.79 Å². The number of nitrogens with zero attached hydrogens (tertiary/aromatic N) is 1. The number of thiophene rings is 1. The second-order valence-electron chi connectivity index (χ2n) is 8.31. The number of hydrogen-bond acceptors (Lipinski definition) is 7. The first kappa shape index (κ1) is 23.0. The van der Waals surface area contributed by atoms with Crippen molar-refractivity contribution in [3.63, 3.8) is 0 Å². The highest BCUT2D eigenvalue weighted by molar-refractivity contribution is 7.16. The van der Waals surface area contributed by atoms with E-state index in [1.807, 2.05) is 48.5 Å². The highest BCUT2D eigenvalue weighted by Gasteiger charge is 2.34. The van der Waals surface area contributed by atoms with Crippen molar-refractivity contribution in [1.82, 2.24) is 10.2 Å². The summed E-state index contributed by atoms with van der Waals surface area (Å²) in [4.78, 5) is 28.0. The van der Waals surface area contributed by atoms with Crippen LogP contribution in [0.5, 0.6) is 11.5 Å². The standard InChI is InChI=1S/C26H27N3O5S/c1-3-33-26(31)29-12-11-18-21(14-29)35-25-22(18)24(30)27-23(28-25)17-9-10-19(20(13-17)32-2)34-15-16-7-5-4-6-8-16/h4-10,13,23,28H,3,11-12,14-15H2,1-2H3,(H,27,30)/t23-/m0/s1. The SMILES string of the molecule is CCOC(=O)N1CCc2c(sc3c2C(=O)N[C@H](c2ccc(OCc4ccccc4)c(OC)c2)N3)C1. The van der Waals surface area contributed by atoms with E-state index in [0.29, 0.717) is 49.8 Å². The number of fused-ring (bicyclic) bond motifs is 3. The predicted octanol–water partition coefficient (Wildman–Crippen LogP) is 4.70. The highest BCUT2D eigenvalue weighted by atomic mass is 32.1. The normalized spacial score (nSPS) is 16.5. The van der Waals surface area contributed by atoms with Gasteiger partial charge in [-0.15, -0.1) is 11.3 Å². The zero-order valence-corrected chi connectivity index (χ0v) is 20.4. The van der Waals surface area contributed by atoms with Crippen molar-refractivity contribution in [2.75, 3.05) is 25.6 Å². The Labute approximate surface area is 207 Å². The molecule has 3 aromatic rings. The van der Waals surface area contributed by atoms with Gasteiger partial charge in [-0.05, 0) is 42.2 Å². The summed E-state index contributed by atoms with van der Waals surface area (Å²) in [6.07, 6.45) is -0.101. The molecular weight excluding hydrogens is 466 g/mol. The lowest BCUT2D eigenvalue weighted by molar-refractivity contribution is 0.0934. The van der Waals surface area contributed by atoms with Crippen LogP contribution in [0.3, 0.4) is 0 Å². The fourth-order valence-corrected chi connectivity index (χ4v) is 5.66. The minimum Gasteiger partial charge on any atom is -0.493 e. The van der Waals surface area contributed by atoms with Gasteiger partial charge in [0, 0.05) is 11.4 Å². The molecule has 0 aliphatic carbocycles. The molecule has 2 aliphatic rings. The lowest BCUT2D eigenvalue weighted by atomic mass is 10.0. The van der Waals surface area contributed by atoms with Gasteiger partial charge < -0.3 is 29.7 Å². The van der Waals surface area contributed by atoms with Crippen molar-refractivity contribution in [3.05, 3.63) is 75.7 Å². The molecule has 5 rings (SSSR count). The molecule has 1 atom stereocenters. The topological polar surface area (TPSA) is 89.1 Å². The molecule has 0 unspecified atom stereocenters. The molecule has 35 heavy (non-hydrogen) atoms. The van der Waals surface area contributed by atoms with Gasteiger partial charge in [0.25, 0.3) is 5.91 Å². The Bertz CT molecular complexity index is 1240. The van der Waals surface area contributed by atoms with Gasteiger partial charge >= 0.3 is 6.09 Å². The van der Waals surface area contributed by atoms with E-state index in [1.165, 1.54) is 11.3 Å². The fourth-order valence-electron chi connectivity index (χ4n) is 4.37. The predicted molar refractivity (Wildman–Crippen MR) is 133 cm³/mol. The van der Waals surface area contributed by atoms with Crippen LogP contribution in [0.1, 0.15) is 45.0 Å². The summed E-state index contributed by atoms with van der Waals surface area (Å²) >= 11 is 1.52. The van der Waals surface area contributed by atoms with E-state index in [0.717, 1.165) is 26.6 Å². The molecule has 182 valence electrons. The lowest BCUT2D eigenvalue weighted by Gasteiger charge is -2.28. The minimum atomic E-state index is -0.409. The highest BCUT2D eigenvalue weighted by Crippen LogP contribution is 2.41. The maximum atomic E-state index is 13.1. The minimum absolute atomic E-state index is 0.116. The Morgan fingerprint density at radius 2 is 1.97 bits per heavy atom. The molecule has 9 heteroatoms. The molecule has 0 fully saturated rings. The van der Waals surface area contributed by atoms with Crippen LogP contribution in [0.15, 0.2) is 48.5 Å². The number of methoxy groups -OCH3 is 1. The monoisotopic (exact) mass is 493 g/mol. The number of carbonyl (C=O) groups is 2. The first-order valence-corrected chi connectivity index (χ1v) is 12.4. The Morgan fingerprint density at radius 1 is 1.14 bits per heavy atom. The van der Waals surface area contributed by atoms with Crippen LogP contribution < -0.4 is 20.1 Å². The molecule has 0 radical (unpaired) electrons. The number of nitrogens with one attached hydrogen (secondary N) is 2. The first-order valence-electron chi connectivity index (χ1n) is 11.6. The Kier molecular flexibility index (Phi) is 6.50. The maximum Gasteiger partial charge on any atom is 0.410 e. The summed E-state index contributed by atoms with van der Waals surface area (Å²) in [6, 6.07) is 15.6. The molecule has 3 heterocycles. The van der Waals surface area contributed by atoms with Gasteiger partial charge in [-0.1, -0.05) is 36.4 Å². The van der Waals surface area contributed by atoms with Crippen molar-refractivity contribution >= 4 is 28.3 Å². The van der Waals surface area contributed by atoms with Crippen LogP contribution in [-0.2, 0) is 24.3 Å². The Morgan fingerprint density at radius 3 is 2.74 bits per heavy atom. The van der Waals surface area contributed by atoms with E-state index >= 15 is 0 Å². The number of benzene rings is 2. The average Bonchev–Trinajstić information content (AvgIpc) is 3.26. The van der Waals surface area contributed by atoms with Gasteiger partial charge in [-0.2, -0.15) is 0 Å². The lowest BCUT2D eigenvalue weighted by Crippen LogP contribution is -2.39. The van der Waals surface area contributed by atoms with Crippen molar-refractivity contribution in [1.29, 1.82) is 0 Å². The molecule has 2 N–H and O–H groups in total. The van der Waals surface area contributed by atoms with Crippen molar-refractivity contribution < 1.29 is 23.8 Å². The number of rotatable bonds is 6. The third kappa shape index (κ3) is 4.64. The first-order chi connectivity index (χ1) is 17.1. The molecule has 2 aliphatic heterocycles. The zero-order chi connectivity index (χ0) is 24.4. The number of amides is 2. The molecular formula is C26H27N3O5S. The number of anilines is 1. The summed E-state index contributed by atoms with van der Waals surface area (Å²) in [6.45, 7) is 3.55. The van der Waals surface area contributed by atoms with Crippen LogP contribution in [0.4, 0.5) is 9.80 Å². The van der Waals surface area contributed by atoms with E-state index in [4.69, 9.17) is 14.2 Å². The van der Waals surface area contributed by atoms with Crippen molar-refractivity contribution in [3.8, 4) is 11.5 Å². The largest absolute Gasteiger partial charge is 0.493 e. The van der Waals surface area contributed by atoms with Crippen LogP contribution in [0.25, 0.3) is 0 Å². The van der Waals surface area contributed by atoms with E-state index in [-0.39, 0.29) is 12.0 Å². The molecule has 2 amide bonds. The van der Waals surface area contributed by atoms with E-state index < -0.39 is 6.17 Å². The molecule has 0 spiro atoms. The third-order valence-electron chi connectivity index (χ3n) is 6.12. The quantitative estimate of drug-likeness (QED) is 0.517. The van der Waals surface area contributed by atoms with Crippen molar-refractivity contribution in [2.45, 2.75) is 32.7 Å². The number of hydrogen-bond donors (Lipinski definition) is 2. The zero-order valence-electron chi connectivity index (χ0n) is 19.6. The van der Waals surface area contributed by atoms with Gasteiger partial charge in [0.1, 0.15) is 17.8 Å². The van der Waals surface area contributed by atoms with Crippen molar-refractivity contribution in [2.24, 2.45) is 0 Å². The summed E-state index contributed by atoms with van der Waals surface area (Å²) < 4.78 is 16.7.